The number of hydrogen-bond donors (Lipinski definition) is 3. The van der Waals surface area contributed by atoms with Gasteiger partial charge in [0.05, 0.1) is 4.90 Å². The van der Waals surface area contributed by atoms with Gasteiger partial charge in [-0.25, -0.2) is 13.6 Å². The molecule has 2 aromatic carbocycles. The molecule has 0 spiro atoms. The molecule has 1 atom stereocenters. The van der Waals surface area contributed by atoms with E-state index in [1.165, 1.54) is 10.9 Å². The largest absolute Gasteiger partial charge is 0.361 e. The monoisotopic (exact) mass is 343 g/mol. The minimum absolute atomic E-state index is 0.129. The van der Waals surface area contributed by atoms with E-state index in [9.17, 15) is 8.42 Å². The number of aromatic amines is 1. The maximum absolute atomic E-state index is 11.3. The summed E-state index contributed by atoms with van der Waals surface area (Å²) in [4.78, 5) is 3.42. The number of primary sulfonamides is 1. The van der Waals surface area contributed by atoms with Crippen molar-refractivity contribution in [3.63, 3.8) is 0 Å². The van der Waals surface area contributed by atoms with Gasteiger partial charge in [0.2, 0.25) is 10.0 Å². The molecule has 0 bridgehead atoms. The molecule has 4 N–H and O–H groups in total. The number of benzene rings is 2. The first kappa shape index (κ1) is 16.7. The first-order valence-electron chi connectivity index (χ1n) is 7.86. The van der Waals surface area contributed by atoms with E-state index in [4.69, 9.17) is 5.14 Å². The van der Waals surface area contributed by atoms with Crippen molar-refractivity contribution in [3.05, 3.63) is 65.9 Å². The molecule has 24 heavy (non-hydrogen) atoms. The molecule has 0 saturated heterocycles. The maximum Gasteiger partial charge on any atom is 0.238 e. The van der Waals surface area contributed by atoms with Crippen molar-refractivity contribution in [2.24, 2.45) is 5.14 Å². The number of H-pyrrole nitrogens is 1. The van der Waals surface area contributed by atoms with Crippen LogP contribution in [0.2, 0.25) is 0 Å². The number of fused-ring (bicyclic) bond motifs is 1. The predicted octanol–water partition coefficient (Wildman–Crippen LogP) is 2.71. The normalized spacial score (nSPS) is 13.2. The molecule has 3 aromatic rings. The third kappa shape index (κ3) is 3.67. The van der Waals surface area contributed by atoms with E-state index in [0.29, 0.717) is 0 Å². The molecule has 5 nitrogen and oxygen atoms in total. The van der Waals surface area contributed by atoms with Crippen LogP contribution in [0.4, 0.5) is 0 Å². The van der Waals surface area contributed by atoms with Crippen LogP contribution >= 0.6 is 0 Å². The molecule has 3 rings (SSSR count). The average Bonchev–Trinajstić information content (AvgIpc) is 2.97. The third-order valence-electron chi connectivity index (χ3n) is 4.23. The second-order valence-corrected chi connectivity index (χ2v) is 7.46. The first-order valence-corrected chi connectivity index (χ1v) is 9.41. The number of rotatable bonds is 6. The van der Waals surface area contributed by atoms with Gasteiger partial charge in [0.1, 0.15) is 0 Å². The number of sulfonamides is 1. The Hall–Kier alpha value is -2.15. The molecule has 0 aliphatic rings. The number of nitrogens with one attached hydrogen (secondary N) is 2. The Bertz CT molecular complexity index is 930. The molecule has 0 radical (unpaired) electrons. The lowest BCUT2D eigenvalue weighted by Crippen LogP contribution is -2.21. The van der Waals surface area contributed by atoms with Gasteiger partial charge in [-0.2, -0.15) is 0 Å². The molecule has 0 unspecified atom stereocenters. The van der Waals surface area contributed by atoms with Gasteiger partial charge in [0, 0.05) is 23.1 Å². The molecule has 1 heterocycles. The second-order valence-electron chi connectivity index (χ2n) is 5.90. The summed E-state index contributed by atoms with van der Waals surface area (Å²) >= 11 is 0. The Morgan fingerprint density at radius 2 is 1.83 bits per heavy atom. The van der Waals surface area contributed by atoms with E-state index in [-0.39, 0.29) is 10.9 Å². The van der Waals surface area contributed by atoms with Crippen LogP contribution < -0.4 is 10.5 Å². The highest BCUT2D eigenvalue weighted by Gasteiger charge is 2.10. The molecular formula is C18H21N3O2S. The molecule has 126 valence electrons. The van der Waals surface area contributed by atoms with Crippen molar-refractivity contribution in [2.45, 2.75) is 24.3 Å². The number of para-hydroxylation sites is 1. The van der Waals surface area contributed by atoms with Gasteiger partial charge in [-0.3, -0.25) is 0 Å². The lowest BCUT2D eigenvalue weighted by atomic mass is 10.1. The maximum atomic E-state index is 11.3. The molecule has 1 aromatic heterocycles. The van der Waals surface area contributed by atoms with Crippen molar-refractivity contribution < 1.29 is 8.42 Å². The topological polar surface area (TPSA) is 88.0 Å². The molecular weight excluding hydrogens is 322 g/mol. The van der Waals surface area contributed by atoms with Gasteiger partial charge in [0.15, 0.2) is 0 Å². The zero-order valence-electron chi connectivity index (χ0n) is 13.5. The molecule has 0 saturated carbocycles. The summed E-state index contributed by atoms with van der Waals surface area (Å²) in [5, 5.41) is 9.84. The van der Waals surface area contributed by atoms with E-state index < -0.39 is 10.0 Å². The fourth-order valence-electron chi connectivity index (χ4n) is 2.83. The van der Waals surface area contributed by atoms with Crippen LogP contribution in [0, 0.1) is 0 Å². The molecule has 0 amide bonds. The van der Waals surface area contributed by atoms with E-state index in [1.807, 2.05) is 12.1 Å². The number of hydrogen-bond acceptors (Lipinski definition) is 3. The minimum Gasteiger partial charge on any atom is -0.361 e. The third-order valence-corrected chi connectivity index (χ3v) is 5.16. The van der Waals surface area contributed by atoms with Crippen molar-refractivity contribution in [2.75, 3.05) is 6.54 Å². The van der Waals surface area contributed by atoms with Crippen molar-refractivity contribution in [1.29, 1.82) is 0 Å². The van der Waals surface area contributed by atoms with Crippen LogP contribution in [0.5, 0.6) is 0 Å². The summed E-state index contributed by atoms with van der Waals surface area (Å²) in [5.41, 5.74) is 3.47. The Labute approximate surface area is 141 Å². The van der Waals surface area contributed by atoms with Crippen LogP contribution in [-0.2, 0) is 16.4 Å². The van der Waals surface area contributed by atoms with E-state index in [1.54, 1.807) is 24.3 Å². The van der Waals surface area contributed by atoms with E-state index >= 15 is 0 Å². The summed E-state index contributed by atoms with van der Waals surface area (Å²) in [5.74, 6) is 0. The highest BCUT2D eigenvalue weighted by molar-refractivity contribution is 7.89. The Morgan fingerprint density at radius 3 is 2.54 bits per heavy atom. The van der Waals surface area contributed by atoms with Gasteiger partial charge in [-0.05, 0) is 49.2 Å². The average molecular weight is 343 g/mol. The van der Waals surface area contributed by atoms with E-state index in [0.717, 1.165) is 24.0 Å². The number of aromatic nitrogens is 1. The van der Waals surface area contributed by atoms with Crippen molar-refractivity contribution in [1.82, 2.24) is 10.3 Å². The smallest absolute Gasteiger partial charge is 0.238 e. The fourth-order valence-corrected chi connectivity index (χ4v) is 3.34. The van der Waals surface area contributed by atoms with Crippen molar-refractivity contribution in [3.8, 4) is 0 Å². The zero-order valence-corrected chi connectivity index (χ0v) is 14.3. The Kier molecular flexibility index (Phi) is 4.71. The highest BCUT2D eigenvalue weighted by atomic mass is 32.2. The summed E-state index contributed by atoms with van der Waals surface area (Å²) in [6, 6.07) is 15.1. The predicted molar refractivity (Wildman–Crippen MR) is 96.2 cm³/mol. The lowest BCUT2D eigenvalue weighted by molar-refractivity contribution is 0.576. The first-order chi connectivity index (χ1) is 11.4. The highest BCUT2D eigenvalue weighted by Crippen LogP contribution is 2.19. The summed E-state index contributed by atoms with van der Waals surface area (Å²) < 4.78 is 22.6. The zero-order chi connectivity index (χ0) is 17.2. The summed E-state index contributed by atoms with van der Waals surface area (Å²) in [6.45, 7) is 2.89. The molecule has 0 aliphatic carbocycles. The SMILES string of the molecule is C[C@@H](NCCc1c[nH]c2ccccc12)c1ccc(S(N)(=O)=O)cc1. The van der Waals surface area contributed by atoms with Crippen LogP contribution in [0.1, 0.15) is 24.1 Å². The summed E-state index contributed by atoms with van der Waals surface area (Å²) in [7, 11) is -3.64. The second kappa shape index (κ2) is 6.76. The quantitative estimate of drug-likeness (QED) is 0.643. The van der Waals surface area contributed by atoms with Gasteiger partial charge in [-0.1, -0.05) is 30.3 Å². The molecule has 0 aliphatic heterocycles. The van der Waals surface area contributed by atoms with E-state index in [2.05, 4.69) is 35.6 Å². The molecule has 6 heteroatoms. The van der Waals surface area contributed by atoms with Gasteiger partial charge >= 0.3 is 0 Å². The Morgan fingerprint density at radius 1 is 1.12 bits per heavy atom. The molecule has 0 fully saturated rings. The van der Waals surface area contributed by atoms with Crippen molar-refractivity contribution >= 4 is 20.9 Å². The van der Waals surface area contributed by atoms with Gasteiger partial charge in [0.25, 0.3) is 0 Å². The van der Waals surface area contributed by atoms with Gasteiger partial charge < -0.3 is 10.3 Å². The summed E-state index contributed by atoms with van der Waals surface area (Å²) in [6.07, 6.45) is 2.97. The lowest BCUT2D eigenvalue weighted by Gasteiger charge is -2.14. The van der Waals surface area contributed by atoms with Gasteiger partial charge in [-0.15, -0.1) is 0 Å². The van der Waals surface area contributed by atoms with Crippen LogP contribution in [0.25, 0.3) is 10.9 Å². The van der Waals surface area contributed by atoms with Crippen LogP contribution in [-0.4, -0.2) is 19.9 Å². The standard InChI is InChI=1S/C18H21N3O2S/c1-13(14-6-8-16(9-7-14)24(19,22)23)20-11-10-15-12-21-18-5-3-2-4-17(15)18/h2-9,12-13,20-21H,10-11H2,1H3,(H2,19,22,23)/t13-/m1/s1. The fraction of sp³-hybridized carbons (Fsp3) is 0.222. The van der Waals surface area contributed by atoms with Crippen LogP contribution in [0.3, 0.4) is 0 Å². The van der Waals surface area contributed by atoms with Crippen LogP contribution in [0.15, 0.2) is 59.6 Å². The number of nitrogens with two attached hydrogens (primary N) is 1. The minimum atomic E-state index is -3.64. The Balaban J connectivity index is 1.60.